The Labute approximate surface area is 152 Å². The Hall–Kier alpha value is -2.60. The molecule has 6 heteroatoms. The van der Waals surface area contributed by atoms with E-state index >= 15 is 0 Å². The Balaban J connectivity index is 1.88. The molecule has 0 fully saturated rings. The van der Waals surface area contributed by atoms with Crippen LogP contribution in [0.4, 0.5) is 5.69 Å². The molecule has 1 aromatic heterocycles. The van der Waals surface area contributed by atoms with E-state index in [4.69, 9.17) is 0 Å². The Bertz CT molecular complexity index is 1100. The molecule has 0 spiro atoms. The fourth-order valence-corrected chi connectivity index (χ4v) is 5.35. The van der Waals surface area contributed by atoms with Crippen LogP contribution >= 0.6 is 0 Å². The normalized spacial score (nSPS) is 14.2. The SMILES string of the molecule is CC(=O)Nc1ccc(S(=O)(=O)n2c3c(c4ccccc42)CCCC3)cc1. The molecule has 1 amide bonds. The number of fused-ring (bicyclic) bond motifs is 3. The second-order valence-electron chi connectivity index (χ2n) is 6.62. The summed E-state index contributed by atoms with van der Waals surface area (Å²) in [6.07, 6.45) is 3.78. The van der Waals surface area contributed by atoms with Crippen LogP contribution in [0.25, 0.3) is 10.9 Å². The first-order valence-corrected chi connectivity index (χ1v) is 10.2. The number of aryl methyl sites for hydroxylation is 1. The molecule has 1 aliphatic rings. The van der Waals surface area contributed by atoms with Crippen LogP contribution in [0.15, 0.2) is 53.4 Å². The van der Waals surface area contributed by atoms with E-state index in [1.54, 1.807) is 24.3 Å². The maximum absolute atomic E-state index is 13.4. The van der Waals surface area contributed by atoms with Gasteiger partial charge in [-0.1, -0.05) is 18.2 Å². The number of nitrogens with one attached hydrogen (secondary N) is 1. The molecule has 0 aliphatic heterocycles. The molecule has 134 valence electrons. The van der Waals surface area contributed by atoms with Gasteiger partial charge in [0, 0.05) is 23.7 Å². The van der Waals surface area contributed by atoms with Crippen LogP contribution in [-0.2, 0) is 27.7 Å². The minimum atomic E-state index is -3.70. The van der Waals surface area contributed by atoms with E-state index in [0.29, 0.717) is 5.69 Å². The zero-order valence-electron chi connectivity index (χ0n) is 14.5. The lowest BCUT2D eigenvalue weighted by Crippen LogP contribution is -2.17. The van der Waals surface area contributed by atoms with Crippen molar-refractivity contribution < 1.29 is 13.2 Å². The Kier molecular flexibility index (Phi) is 4.07. The summed E-state index contributed by atoms with van der Waals surface area (Å²) in [6.45, 7) is 1.42. The number of rotatable bonds is 3. The van der Waals surface area contributed by atoms with Crippen LogP contribution in [0, 0.1) is 0 Å². The van der Waals surface area contributed by atoms with Crippen molar-refractivity contribution in [3.05, 3.63) is 59.8 Å². The smallest absolute Gasteiger partial charge is 0.268 e. The number of anilines is 1. The standard InChI is InChI=1S/C20H20N2O3S/c1-14(23)21-15-10-12-16(13-11-15)26(24,25)22-19-8-4-2-6-17(19)18-7-3-5-9-20(18)22/h2,4,6,8,10-13H,3,5,7,9H2,1H3,(H,21,23). The molecule has 4 rings (SSSR count). The maximum atomic E-state index is 13.4. The molecule has 2 aromatic carbocycles. The molecule has 1 N–H and O–H groups in total. The zero-order valence-corrected chi connectivity index (χ0v) is 15.3. The van der Waals surface area contributed by atoms with Gasteiger partial charge in [0.25, 0.3) is 10.0 Å². The van der Waals surface area contributed by atoms with Gasteiger partial charge in [-0.2, -0.15) is 0 Å². The fraction of sp³-hybridized carbons (Fsp3) is 0.250. The third kappa shape index (κ3) is 2.70. The summed E-state index contributed by atoms with van der Waals surface area (Å²) >= 11 is 0. The summed E-state index contributed by atoms with van der Waals surface area (Å²) in [5, 5.41) is 3.69. The van der Waals surface area contributed by atoms with E-state index in [1.807, 2.05) is 24.3 Å². The van der Waals surface area contributed by atoms with Gasteiger partial charge in [0.2, 0.25) is 5.91 Å². The zero-order chi connectivity index (χ0) is 18.3. The van der Waals surface area contributed by atoms with Crippen LogP contribution < -0.4 is 5.32 Å². The molecule has 0 atom stereocenters. The Morgan fingerprint density at radius 2 is 1.69 bits per heavy atom. The maximum Gasteiger partial charge on any atom is 0.268 e. The van der Waals surface area contributed by atoms with E-state index in [-0.39, 0.29) is 10.8 Å². The number of para-hydroxylation sites is 1. The quantitative estimate of drug-likeness (QED) is 0.766. The number of hydrogen-bond donors (Lipinski definition) is 1. The van der Waals surface area contributed by atoms with Gasteiger partial charge in [0.1, 0.15) is 0 Å². The molecular formula is C20H20N2O3S. The highest BCUT2D eigenvalue weighted by atomic mass is 32.2. The molecule has 1 heterocycles. The molecule has 0 saturated heterocycles. The first-order valence-electron chi connectivity index (χ1n) is 8.73. The highest BCUT2D eigenvalue weighted by Crippen LogP contribution is 2.35. The van der Waals surface area contributed by atoms with Gasteiger partial charge in [0.05, 0.1) is 10.4 Å². The average Bonchev–Trinajstić information content (AvgIpc) is 2.97. The van der Waals surface area contributed by atoms with Crippen molar-refractivity contribution in [1.82, 2.24) is 3.97 Å². The highest BCUT2D eigenvalue weighted by Gasteiger charge is 2.27. The number of carbonyl (C=O) groups excluding carboxylic acids is 1. The molecule has 0 unspecified atom stereocenters. The number of carbonyl (C=O) groups is 1. The monoisotopic (exact) mass is 368 g/mol. The summed E-state index contributed by atoms with van der Waals surface area (Å²) in [5.41, 5.74) is 3.38. The van der Waals surface area contributed by atoms with Crippen molar-refractivity contribution in [2.75, 3.05) is 5.32 Å². The first kappa shape index (κ1) is 16.8. The molecular weight excluding hydrogens is 348 g/mol. The summed E-state index contributed by atoms with van der Waals surface area (Å²) < 4.78 is 28.3. The largest absolute Gasteiger partial charge is 0.326 e. The van der Waals surface area contributed by atoms with Crippen LogP contribution in [0.2, 0.25) is 0 Å². The van der Waals surface area contributed by atoms with Gasteiger partial charge in [0.15, 0.2) is 0 Å². The number of nitrogens with zero attached hydrogens (tertiary/aromatic N) is 1. The Morgan fingerprint density at radius 1 is 1.00 bits per heavy atom. The second kappa shape index (κ2) is 6.29. The minimum absolute atomic E-state index is 0.189. The van der Waals surface area contributed by atoms with Crippen molar-refractivity contribution in [3.63, 3.8) is 0 Å². The van der Waals surface area contributed by atoms with E-state index in [9.17, 15) is 13.2 Å². The third-order valence-electron chi connectivity index (χ3n) is 4.84. The number of aromatic nitrogens is 1. The lowest BCUT2D eigenvalue weighted by atomic mass is 9.96. The van der Waals surface area contributed by atoms with Gasteiger partial charge in [-0.15, -0.1) is 0 Å². The van der Waals surface area contributed by atoms with Crippen molar-refractivity contribution in [2.45, 2.75) is 37.5 Å². The lowest BCUT2D eigenvalue weighted by molar-refractivity contribution is -0.114. The molecule has 0 saturated carbocycles. The van der Waals surface area contributed by atoms with Crippen molar-refractivity contribution in [3.8, 4) is 0 Å². The van der Waals surface area contributed by atoms with E-state index in [0.717, 1.165) is 47.8 Å². The molecule has 0 radical (unpaired) electrons. The predicted molar refractivity (Wildman–Crippen MR) is 102 cm³/mol. The highest BCUT2D eigenvalue weighted by molar-refractivity contribution is 7.90. The minimum Gasteiger partial charge on any atom is -0.326 e. The number of amides is 1. The van der Waals surface area contributed by atoms with Gasteiger partial charge < -0.3 is 5.32 Å². The predicted octanol–water partition coefficient (Wildman–Crippen LogP) is 3.72. The van der Waals surface area contributed by atoms with Gasteiger partial charge in [-0.25, -0.2) is 12.4 Å². The van der Waals surface area contributed by atoms with E-state index in [2.05, 4.69) is 5.32 Å². The second-order valence-corrected chi connectivity index (χ2v) is 8.41. The topological polar surface area (TPSA) is 68.2 Å². The van der Waals surface area contributed by atoms with Crippen LogP contribution in [0.1, 0.15) is 31.0 Å². The number of benzene rings is 2. The summed E-state index contributed by atoms with van der Waals surface area (Å²) in [7, 11) is -3.70. The summed E-state index contributed by atoms with van der Waals surface area (Å²) in [6, 6.07) is 14.0. The van der Waals surface area contributed by atoms with Crippen molar-refractivity contribution in [1.29, 1.82) is 0 Å². The summed E-state index contributed by atoms with van der Waals surface area (Å²) in [4.78, 5) is 11.4. The fourth-order valence-electron chi connectivity index (χ4n) is 3.75. The average molecular weight is 368 g/mol. The van der Waals surface area contributed by atoms with Crippen LogP contribution in [0.3, 0.4) is 0 Å². The molecule has 5 nitrogen and oxygen atoms in total. The lowest BCUT2D eigenvalue weighted by Gasteiger charge is -2.16. The molecule has 1 aliphatic carbocycles. The van der Waals surface area contributed by atoms with E-state index < -0.39 is 10.0 Å². The van der Waals surface area contributed by atoms with Gasteiger partial charge in [-0.05, 0) is 61.6 Å². The Morgan fingerprint density at radius 3 is 2.42 bits per heavy atom. The van der Waals surface area contributed by atoms with Gasteiger partial charge in [-0.3, -0.25) is 4.79 Å². The van der Waals surface area contributed by atoms with Gasteiger partial charge >= 0.3 is 0 Å². The van der Waals surface area contributed by atoms with Crippen LogP contribution in [0.5, 0.6) is 0 Å². The summed E-state index contributed by atoms with van der Waals surface area (Å²) in [5.74, 6) is -0.189. The number of hydrogen-bond acceptors (Lipinski definition) is 3. The molecule has 3 aromatic rings. The third-order valence-corrected chi connectivity index (χ3v) is 6.61. The van der Waals surface area contributed by atoms with E-state index in [1.165, 1.54) is 10.9 Å². The first-order chi connectivity index (χ1) is 12.5. The van der Waals surface area contributed by atoms with Crippen molar-refractivity contribution in [2.24, 2.45) is 0 Å². The molecule has 26 heavy (non-hydrogen) atoms. The molecule has 0 bridgehead atoms. The van der Waals surface area contributed by atoms with Crippen LogP contribution in [-0.4, -0.2) is 18.3 Å². The van der Waals surface area contributed by atoms with Crippen molar-refractivity contribution >= 4 is 32.5 Å².